The predicted molar refractivity (Wildman–Crippen MR) is 193 cm³/mol. The van der Waals surface area contributed by atoms with Gasteiger partial charge in [0.25, 0.3) is 0 Å². The monoisotopic (exact) mass is 644 g/mol. The molecule has 1 N–H and O–H groups in total. The molecule has 5 aliphatic carbocycles. The Kier molecular flexibility index (Phi) is 6.49. The Morgan fingerprint density at radius 3 is 2.54 bits per heavy atom. The number of ether oxygens (including phenoxy) is 1. The molecule has 2 saturated heterocycles. The average Bonchev–Trinajstić information content (AvgIpc) is 3.44. The van der Waals surface area contributed by atoms with Crippen molar-refractivity contribution < 1.29 is 9.53 Å². The van der Waals surface area contributed by atoms with Crippen LogP contribution in [0.4, 0.5) is 0 Å². The molecule has 4 heterocycles. The highest BCUT2D eigenvalue weighted by Gasteiger charge is 2.74. The highest BCUT2D eigenvalue weighted by atomic mass is 16.5. The number of ketones is 1. The maximum atomic E-state index is 14.0. The molecular formula is C44H56N2O2. The fraction of sp³-hybridized carbons (Fsp3) is 0.636. The number of hydrogen-bond acceptors (Lipinski definition) is 3. The van der Waals surface area contributed by atoms with Crippen molar-refractivity contribution in [2.75, 3.05) is 6.61 Å². The van der Waals surface area contributed by atoms with Gasteiger partial charge in [0, 0.05) is 34.4 Å². The third-order valence-electron chi connectivity index (χ3n) is 17.3. The van der Waals surface area contributed by atoms with Crippen molar-refractivity contribution >= 4 is 22.8 Å². The van der Waals surface area contributed by atoms with E-state index in [9.17, 15) is 4.79 Å². The van der Waals surface area contributed by atoms with E-state index in [0.717, 1.165) is 24.5 Å². The first kappa shape index (κ1) is 31.3. The molecule has 2 aliphatic heterocycles. The fourth-order valence-corrected chi connectivity index (χ4v) is 14.7. The van der Waals surface area contributed by atoms with Crippen LogP contribution in [-0.4, -0.2) is 28.0 Å². The first-order valence-electron chi connectivity index (χ1n) is 19.1. The zero-order chi connectivity index (χ0) is 33.5. The van der Waals surface area contributed by atoms with Crippen molar-refractivity contribution in [2.24, 2.45) is 57.2 Å². The molecule has 1 aromatic carbocycles. The Morgan fingerprint density at radius 1 is 0.938 bits per heavy atom. The molecule has 7 aliphatic rings. The molecule has 11 atom stereocenters. The maximum Gasteiger partial charge on any atom is 0.161 e. The topological polar surface area (TPSA) is 55.0 Å². The van der Waals surface area contributed by atoms with Crippen molar-refractivity contribution in [3.05, 3.63) is 71.7 Å². The standard InChI is InChI=1S/C44H56N2O2/c1-27-37-31-15-17-36-40(4)23-30-29-12-8-9-13-33(29)46-38(30)39(2,3)35(40)18-19-42(36,6)41(31,5)20-21-44(37)24-32(43(27,7)48-26-44)34(47)16-14-28-11-10-22-45-25-28/h8-14,16,22,25,27,31-32,35-37,46H,15,17-21,23-24,26H2,1-7H3/b16-14+/t27-,31+,32+,35-,36+,37+,40-,41+,42+,43-,44-/m0/s1. The first-order valence-corrected chi connectivity index (χ1v) is 19.1. The molecule has 3 aromatic rings. The van der Waals surface area contributed by atoms with E-state index >= 15 is 0 Å². The van der Waals surface area contributed by atoms with Crippen LogP contribution in [0.5, 0.6) is 0 Å². The van der Waals surface area contributed by atoms with Crippen LogP contribution in [0.3, 0.4) is 0 Å². The Hall–Kier alpha value is -2.72. The van der Waals surface area contributed by atoms with Crippen LogP contribution >= 0.6 is 0 Å². The van der Waals surface area contributed by atoms with Crippen molar-refractivity contribution in [1.29, 1.82) is 0 Å². The summed E-state index contributed by atoms with van der Waals surface area (Å²) in [5.74, 6) is 3.22. The van der Waals surface area contributed by atoms with E-state index in [1.165, 1.54) is 61.5 Å². The SMILES string of the molecule is C[C@H]1[C@@H]2[C@H]3CC[C@@H]4[C@@]5(C)Cc6c([nH]c7ccccc67)C(C)(C)[C@@H]5CC[C@@]4(C)[C@]3(C)CC[C@]23CO[C@]1(C)[C@@H](C(=O)/C=C/c1cccnc1)C3. The Bertz CT molecular complexity index is 1820. The van der Waals surface area contributed by atoms with Gasteiger partial charge in [0.05, 0.1) is 18.1 Å². The molecule has 254 valence electrons. The number of hydrogen-bond donors (Lipinski definition) is 1. The summed E-state index contributed by atoms with van der Waals surface area (Å²) < 4.78 is 6.87. The molecule has 0 radical (unpaired) electrons. The van der Waals surface area contributed by atoms with Crippen molar-refractivity contribution in [3.8, 4) is 0 Å². The molecule has 4 heteroatoms. The van der Waals surface area contributed by atoms with E-state index < -0.39 is 5.60 Å². The summed E-state index contributed by atoms with van der Waals surface area (Å²) in [7, 11) is 0. The fourth-order valence-electron chi connectivity index (χ4n) is 14.7. The van der Waals surface area contributed by atoms with Gasteiger partial charge in [0.2, 0.25) is 0 Å². The number of H-pyrrole nitrogens is 1. The molecule has 6 fully saturated rings. The van der Waals surface area contributed by atoms with Gasteiger partial charge in [-0.15, -0.1) is 0 Å². The molecule has 48 heavy (non-hydrogen) atoms. The maximum absolute atomic E-state index is 14.0. The van der Waals surface area contributed by atoms with Gasteiger partial charge in [-0.2, -0.15) is 0 Å². The number of nitrogens with zero attached hydrogens (tertiary/aromatic N) is 1. The van der Waals surface area contributed by atoms with Crippen LogP contribution in [0.15, 0.2) is 54.9 Å². The molecule has 0 unspecified atom stereocenters. The largest absolute Gasteiger partial charge is 0.374 e. The Morgan fingerprint density at radius 2 is 1.75 bits per heavy atom. The van der Waals surface area contributed by atoms with E-state index in [1.807, 2.05) is 30.5 Å². The van der Waals surface area contributed by atoms with Gasteiger partial charge in [-0.05, 0) is 145 Å². The van der Waals surface area contributed by atoms with Gasteiger partial charge in [0.1, 0.15) is 0 Å². The third kappa shape index (κ3) is 3.77. The average molecular weight is 645 g/mol. The lowest BCUT2D eigenvalue weighted by atomic mass is 9.30. The van der Waals surface area contributed by atoms with Crippen LogP contribution in [0, 0.1) is 57.2 Å². The van der Waals surface area contributed by atoms with Crippen LogP contribution < -0.4 is 0 Å². The second-order valence-electron chi connectivity index (χ2n) is 19.0. The first-order chi connectivity index (χ1) is 22.8. The number of rotatable bonds is 3. The van der Waals surface area contributed by atoms with Gasteiger partial charge in [0.15, 0.2) is 5.78 Å². The quantitative estimate of drug-likeness (QED) is 0.289. The second kappa shape index (κ2) is 9.95. The molecule has 10 rings (SSSR count). The van der Waals surface area contributed by atoms with E-state index in [2.05, 4.69) is 82.7 Å². The summed E-state index contributed by atoms with van der Waals surface area (Å²) in [5, 5.41) is 1.45. The normalized spacial score (nSPS) is 45.6. The van der Waals surface area contributed by atoms with E-state index in [0.29, 0.717) is 34.5 Å². The molecular weight excluding hydrogens is 588 g/mol. The van der Waals surface area contributed by atoms with Crippen LogP contribution in [0.25, 0.3) is 17.0 Å². The number of carbonyl (C=O) groups excluding carboxylic acids is 1. The molecule has 4 saturated carbocycles. The number of aromatic amines is 1. The van der Waals surface area contributed by atoms with E-state index in [-0.39, 0.29) is 27.9 Å². The number of nitrogens with one attached hydrogen (secondary N) is 1. The minimum absolute atomic E-state index is 0.0779. The number of para-hydroxylation sites is 1. The molecule has 0 amide bonds. The summed E-state index contributed by atoms with van der Waals surface area (Å²) in [5.41, 5.74) is 6.12. The summed E-state index contributed by atoms with van der Waals surface area (Å²) in [6.07, 6.45) is 17.3. The lowest BCUT2D eigenvalue weighted by Crippen LogP contribution is -2.73. The summed E-state index contributed by atoms with van der Waals surface area (Å²) >= 11 is 0. The van der Waals surface area contributed by atoms with Crippen molar-refractivity contribution in [2.45, 2.75) is 111 Å². The Labute approximate surface area is 287 Å². The van der Waals surface area contributed by atoms with Gasteiger partial charge < -0.3 is 9.72 Å². The minimum atomic E-state index is -0.415. The van der Waals surface area contributed by atoms with Gasteiger partial charge >= 0.3 is 0 Å². The molecule has 1 spiro atoms. The summed E-state index contributed by atoms with van der Waals surface area (Å²) in [4.78, 5) is 22.1. The lowest BCUT2D eigenvalue weighted by molar-refractivity contribution is -0.316. The number of allylic oxidation sites excluding steroid dienone is 1. The highest BCUT2D eigenvalue weighted by Crippen LogP contribution is 2.78. The number of benzene rings is 1. The number of aromatic nitrogens is 2. The summed E-state index contributed by atoms with van der Waals surface area (Å²) in [6.45, 7) is 18.9. The molecule has 2 bridgehead atoms. The Balaban J connectivity index is 1.05. The molecule has 2 aromatic heterocycles. The molecule has 4 nitrogen and oxygen atoms in total. The third-order valence-corrected chi connectivity index (χ3v) is 17.3. The van der Waals surface area contributed by atoms with Crippen LogP contribution in [0.1, 0.15) is 110 Å². The predicted octanol–water partition coefficient (Wildman–Crippen LogP) is 9.98. The van der Waals surface area contributed by atoms with Gasteiger partial charge in [-0.25, -0.2) is 0 Å². The minimum Gasteiger partial charge on any atom is -0.374 e. The van der Waals surface area contributed by atoms with Crippen LogP contribution in [-0.2, 0) is 21.4 Å². The summed E-state index contributed by atoms with van der Waals surface area (Å²) in [6, 6.07) is 13.0. The van der Waals surface area contributed by atoms with Crippen LogP contribution in [0.2, 0.25) is 0 Å². The number of carbonyl (C=O) groups is 1. The zero-order valence-electron chi connectivity index (χ0n) is 30.4. The van der Waals surface area contributed by atoms with Gasteiger partial charge in [-0.1, -0.05) is 65.8 Å². The van der Waals surface area contributed by atoms with Crippen molar-refractivity contribution in [1.82, 2.24) is 9.97 Å². The zero-order valence-corrected chi connectivity index (χ0v) is 30.4. The number of pyridine rings is 1. The second-order valence-corrected chi connectivity index (χ2v) is 19.0. The lowest BCUT2D eigenvalue weighted by Gasteiger charge is -2.76. The van der Waals surface area contributed by atoms with E-state index in [1.54, 1.807) is 11.8 Å². The van der Waals surface area contributed by atoms with Crippen molar-refractivity contribution in [3.63, 3.8) is 0 Å². The highest BCUT2D eigenvalue weighted by molar-refractivity contribution is 5.96. The smallest absolute Gasteiger partial charge is 0.161 e. The van der Waals surface area contributed by atoms with E-state index in [4.69, 9.17) is 4.74 Å². The van der Waals surface area contributed by atoms with Gasteiger partial charge in [-0.3, -0.25) is 9.78 Å². The number of fused-ring (bicyclic) bond motifs is 10.